The van der Waals surface area contributed by atoms with E-state index in [1.54, 1.807) is 17.0 Å². The van der Waals surface area contributed by atoms with Crippen LogP contribution in [0.15, 0.2) is 24.3 Å². The van der Waals surface area contributed by atoms with E-state index in [0.29, 0.717) is 0 Å². The largest absolute Gasteiger partial charge is 0.445 e. The summed E-state index contributed by atoms with van der Waals surface area (Å²) in [6.07, 6.45) is 2.89. The SMILES string of the molecule is O=C(OCc1ccc([N+](=O)[O-])cc1)N1CCCCC1. The Kier molecular flexibility index (Phi) is 4.33. The summed E-state index contributed by atoms with van der Waals surface area (Å²) in [6.45, 7) is 1.64. The molecule has 1 aliphatic rings. The van der Waals surface area contributed by atoms with Crippen LogP contribution < -0.4 is 0 Å². The first kappa shape index (κ1) is 13.3. The maximum atomic E-state index is 11.7. The van der Waals surface area contributed by atoms with E-state index in [0.717, 1.165) is 37.9 Å². The number of ether oxygens (including phenoxy) is 1. The van der Waals surface area contributed by atoms with E-state index in [1.165, 1.54) is 12.1 Å². The lowest BCUT2D eigenvalue weighted by atomic mass is 10.1. The second-order valence-corrected chi connectivity index (χ2v) is 4.53. The molecule has 1 saturated heterocycles. The van der Waals surface area contributed by atoms with Crippen molar-refractivity contribution in [1.82, 2.24) is 4.90 Å². The lowest BCUT2D eigenvalue weighted by Gasteiger charge is -2.25. The van der Waals surface area contributed by atoms with Gasteiger partial charge in [-0.2, -0.15) is 0 Å². The summed E-state index contributed by atoms with van der Waals surface area (Å²) in [5.41, 5.74) is 0.780. The van der Waals surface area contributed by atoms with Crippen molar-refractivity contribution < 1.29 is 14.5 Å². The number of amides is 1. The van der Waals surface area contributed by atoms with Crippen molar-refractivity contribution in [1.29, 1.82) is 0 Å². The molecule has 0 aromatic heterocycles. The maximum absolute atomic E-state index is 11.7. The Morgan fingerprint density at radius 2 is 1.84 bits per heavy atom. The van der Waals surface area contributed by atoms with Crippen molar-refractivity contribution in [2.45, 2.75) is 25.9 Å². The Bertz CT molecular complexity index is 452. The molecule has 0 saturated carbocycles. The van der Waals surface area contributed by atoms with Gasteiger partial charge >= 0.3 is 6.09 Å². The Hall–Kier alpha value is -2.11. The van der Waals surface area contributed by atoms with Crippen LogP contribution in [0, 0.1) is 10.1 Å². The summed E-state index contributed by atoms with van der Waals surface area (Å²) in [7, 11) is 0. The second-order valence-electron chi connectivity index (χ2n) is 4.53. The molecule has 19 heavy (non-hydrogen) atoms. The van der Waals surface area contributed by atoms with Crippen LogP contribution in [0.5, 0.6) is 0 Å². The van der Waals surface area contributed by atoms with Gasteiger partial charge in [0.15, 0.2) is 0 Å². The van der Waals surface area contributed by atoms with E-state index in [2.05, 4.69) is 0 Å². The standard InChI is InChI=1S/C13H16N2O4/c16-13(14-8-2-1-3-9-14)19-10-11-4-6-12(7-5-11)15(17)18/h4-7H,1-3,8-10H2. The summed E-state index contributed by atoms with van der Waals surface area (Å²) in [5.74, 6) is 0. The molecule has 6 nitrogen and oxygen atoms in total. The number of carbonyl (C=O) groups is 1. The average molecular weight is 264 g/mol. The van der Waals surface area contributed by atoms with Crippen LogP contribution >= 0.6 is 0 Å². The maximum Gasteiger partial charge on any atom is 0.410 e. The van der Waals surface area contributed by atoms with Crippen LogP contribution in [0.4, 0.5) is 10.5 Å². The Balaban J connectivity index is 1.84. The van der Waals surface area contributed by atoms with Crippen molar-refractivity contribution in [2.75, 3.05) is 13.1 Å². The molecule has 0 radical (unpaired) electrons. The molecule has 0 aliphatic carbocycles. The highest BCUT2D eigenvalue weighted by molar-refractivity contribution is 5.67. The minimum atomic E-state index is -0.455. The summed E-state index contributed by atoms with van der Waals surface area (Å²) < 4.78 is 5.19. The third-order valence-corrected chi connectivity index (χ3v) is 3.12. The number of likely N-dealkylation sites (tertiary alicyclic amines) is 1. The average Bonchev–Trinajstić information content (AvgIpc) is 2.46. The van der Waals surface area contributed by atoms with Crippen molar-refractivity contribution >= 4 is 11.8 Å². The van der Waals surface area contributed by atoms with Gasteiger partial charge in [-0.05, 0) is 37.0 Å². The lowest BCUT2D eigenvalue weighted by molar-refractivity contribution is -0.384. The van der Waals surface area contributed by atoms with Gasteiger partial charge in [0.2, 0.25) is 0 Å². The first-order valence-corrected chi connectivity index (χ1v) is 6.32. The molecule has 0 N–H and O–H groups in total. The topological polar surface area (TPSA) is 72.7 Å². The Labute approximate surface area is 111 Å². The molecule has 1 aliphatic heterocycles. The van der Waals surface area contributed by atoms with E-state index in [1.807, 2.05) is 0 Å². The number of piperidine rings is 1. The van der Waals surface area contributed by atoms with Gasteiger partial charge in [-0.3, -0.25) is 10.1 Å². The van der Waals surface area contributed by atoms with Crippen molar-refractivity contribution in [2.24, 2.45) is 0 Å². The van der Waals surface area contributed by atoms with E-state index in [4.69, 9.17) is 4.74 Å². The zero-order chi connectivity index (χ0) is 13.7. The first-order chi connectivity index (χ1) is 9.16. The zero-order valence-corrected chi connectivity index (χ0v) is 10.6. The summed E-state index contributed by atoms with van der Waals surface area (Å²) in [5, 5.41) is 10.5. The lowest BCUT2D eigenvalue weighted by Crippen LogP contribution is -2.35. The fraction of sp³-hybridized carbons (Fsp3) is 0.462. The predicted octanol–water partition coefficient (Wildman–Crippen LogP) is 2.72. The predicted molar refractivity (Wildman–Crippen MR) is 68.7 cm³/mol. The molecule has 0 bridgehead atoms. The van der Waals surface area contributed by atoms with Gasteiger partial charge in [0.25, 0.3) is 5.69 Å². The smallest absolute Gasteiger partial charge is 0.410 e. The van der Waals surface area contributed by atoms with Crippen LogP contribution in [0.25, 0.3) is 0 Å². The minimum Gasteiger partial charge on any atom is -0.445 e. The van der Waals surface area contributed by atoms with Crippen LogP contribution in [-0.2, 0) is 11.3 Å². The molecular weight excluding hydrogens is 248 g/mol. The van der Waals surface area contributed by atoms with Crippen LogP contribution in [0.3, 0.4) is 0 Å². The third-order valence-electron chi connectivity index (χ3n) is 3.12. The van der Waals surface area contributed by atoms with Crippen LogP contribution in [0.2, 0.25) is 0 Å². The van der Waals surface area contributed by atoms with Gasteiger partial charge in [-0.1, -0.05) is 0 Å². The number of non-ortho nitro benzene ring substituents is 1. The van der Waals surface area contributed by atoms with Gasteiger partial charge in [0.1, 0.15) is 6.61 Å². The number of nitro groups is 1. The normalized spacial score (nSPS) is 15.1. The number of hydrogen-bond acceptors (Lipinski definition) is 4. The quantitative estimate of drug-likeness (QED) is 0.621. The van der Waals surface area contributed by atoms with Crippen molar-refractivity contribution in [3.63, 3.8) is 0 Å². The molecule has 102 valence electrons. The van der Waals surface area contributed by atoms with Gasteiger partial charge < -0.3 is 9.64 Å². The first-order valence-electron chi connectivity index (χ1n) is 6.32. The summed E-state index contributed by atoms with van der Waals surface area (Å²) in [6, 6.07) is 6.01. The number of rotatable bonds is 3. The zero-order valence-electron chi connectivity index (χ0n) is 10.6. The molecule has 1 fully saturated rings. The highest BCUT2D eigenvalue weighted by Crippen LogP contribution is 2.14. The van der Waals surface area contributed by atoms with Gasteiger partial charge in [-0.25, -0.2) is 4.79 Å². The highest BCUT2D eigenvalue weighted by atomic mass is 16.6. The van der Waals surface area contributed by atoms with E-state index in [9.17, 15) is 14.9 Å². The molecule has 1 heterocycles. The number of nitro benzene ring substituents is 1. The molecule has 0 atom stereocenters. The highest BCUT2D eigenvalue weighted by Gasteiger charge is 2.17. The molecule has 1 aromatic carbocycles. The molecule has 0 spiro atoms. The van der Waals surface area contributed by atoms with Gasteiger partial charge in [0, 0.05) is 25.2 Å². The van der Waals surface area contributed by atoms with Gasteiger partial charge in [0.05, 0.1) is 4.92 Å². The van der Waals surface area contributed by atoms with Gasteiger partial charge in [-0.15, -0.1) is 0 Å². The fourth-order valence-corrected chi connectivity index (χ4v) is 2.03. The molecule has 2 rings (SSSR count). The molecular formula is C13H16N2O4. The van der Waals surface area contributed by atoms with Crippen molar-refractivity contribution in [3.05, 3.63) is 39.9 Å². The number of hydrogen-bond donors (Lipinski definition) is 0. The molecule has 6 heteroatoms. The summed E-state index contributed by atoms with van der Waals surface area (Å²) in [4.78, 5) is 23.5. The van der Waals surface area contributed by atoms with E-state index >= 15 is 0 Å². The molecule has 1 amide bonds. The number of benzene rings is 1. The van der Waals surface area contributed by atoms with E-state index < -0.39 is 4.92 Å². The number of nitrogens with zero attached hydrogens (tertiary/aromatic N) is 2. The van der Waals surface area contributed by atoms with Crippen LogP contribution in [0.1, 0.15) is 24.8 Å². The monoisotopic (exact) mass is 264 g/mol. The fourth-order valence-electron chi connectivity index (χ4n) is 2.03. The van der Waals surface area contributed by atoms with Crippen LogP contribution in [-0.4, -0.2) is 29.0 Å². The Morgan fingerprint density at radius 1 is 1.21 bits per heavy atom. The molecule has 1 aromatic rings. The number of carbonyl (C=O) groups excluding carboxylic acids is 1. The molecule has 0 unspecified atom stereocenters. The summed E-state index contributed by atoms with van der Waals surface area (Å²) >= 11 is 0. The minimum absolute atomic E-state index is 0.0334. The van der Waals surface area contributed by atoms with E-state index in [-0.39, 0.29) is 18.4 Å². The third kappa shape index (κ3) is 3.67. The second kappa shape index (κ2) is 6.17. The van der Waals surface area contributed by atoms with Crippen molar-refractivity contribution in [3.8, 4) is 0 Å². The Morgan fingerprint density at radius 3 is 2.42 bits per heavy atom.